The normalized spacial score (nSPS) is 11.0. The van der Waals surface area contributed by atoms with Crippen molar-refractivity contribution < 1.29 is 19.2 Å². The van der Waals surface area contributed by atoms with Crippen molar-refractivity contribution in [3.63, 3.8) is 0 Å². The molecule has 0 aliphatic rings. The Balaban J connectivity index is 2.08. The van der Waals surface area contributed by atoms with Crippen molar-refractivity contribution in [3.05, 3.63) is 61.9 Å². The molecule has 1 heterocycles. The number of aromatic nitrogens is 1. The van der Waals surface area contributed by atoms with E-state index in [2.05, 4.69) is 16.8 Å². The van der Waals surface area contributed by atoms with E-state index in [1.54, 1.807) is 6.07 Å². The van der Waals surface area contributed by atoms with Gasteiger partial charge in [0.1, 0.15) is 17.3 Å². The van der Waals surface area contributed by atoms with Crippen LogP contribution in [0.1, 0.15) is 30.3 Å². The van der Waals surface area contributed by atoms with E-state index in [9.17, 15) is 25.0 Å². The molecule has 10 heteroatoms. The maximum atomic E-state index is 12.3. The standard InChI is InChI=1S/C21H21ClN4O5/c1-4-7-25-13(2)8-15(14(25)3)9-16(11-23)21(28)31-12-20(27)24-18-6-5-17(22)10-19(18)26(29)30/h5-6,8-10H,4,7,12H2,1-3H3,(H,24,27)/b16-9+. The average Bonchev–Trinajstić information content (AvgIpc) is 2.99. The molecule has 2 rings (SSSR count). The van der Waals surface area contributed by atoms with E-state index in [0.717, 1.165) is 30.4 Å². The Bertz CT molecular complexity index is 1100. The highest BCUT2D eigenvalue weighted by Crippen LogP contribution is 2.27. The van der Waals surface area contributed by atoms with Crippen LogP contribution in [0, 0.1) is 35.3 Å². The zero-order valence-electron chi connectivity index (χ0n) is 17.3. The topological polar surface area (TPSA) is 127 Å². The van der Waals surface area contributed by atoms with Gasteiger partial charge in [-0.25, -0.2) is 4.79 Å². The lowest BCUT2D eigenvalue weighted by Crippen LogP contribution is -2.21. The number of halogens is 1. The first-order valence-electron chi connectivity index (χ1n) is 9.37. The first kappa shape index (κ1) is 23.6. The summed E-state index contributed by atoms with van der Waals surface area (Å²) >= 11 is 5.73. The van der Waals surface area contributed by atoms with Crippen molar-refractivity contribution in [2.75, 3.05) is 11.9 Å². The van der Waals surface area contributed by atoms with Gasteiger partial charge in [-0.05, 0) is 50.1 Å². The summed E-state index contributed by atoms with van der Waals surface area (Å²) < 4.78 is 6.99. The number of aryl methyl sites for hydroxylation is 1. The number of carbonyl (C=O) groups excluding carboxylic acids is 2. The average molecular weight is 445 g/mol. The van der Waals surface area contributed by atoms with Gasteiger partial charge in [-0.2, -0.15) is 5.26 Å². The molecule has 0 atom stereocenters. The fourth-order valence-corrected chi connectivity index (χ4v) is 3.16. The lowest BCUT2D eigenvalue weighted by Gasteiger charge is -2.08. The van der Waals surface area contributed by atoms with Crippen LogP contribution in [0.3, 0.4) is 0 Å². The third-order valence-electron chi connectivity index (χ3n) is 4.47. The fourth-order valence-electron chi connectivity index (χ4n) is 2.99. The number of hydrogen-bond acceptors (Lipinski definition) is 6. The Morgan fingerprint density at radius 3 is 2.68 bits per heavy atom. The summed E-state index contributed by atoms with van der Waals surface area (Å²) in [6.07, 6.45) is 2.35. The zero-order valence-corrected chi connectivity index (χ0v) is 18.0. The molecular weight excluding hydrogens is 424 g/mol. The monoisotopic (exact) mass is 444 g/mol. The molecule has 1 aromatic heterocycles. The van der Waals surface area contributed by atoms with Crippen LogP contribution >= 0.6 is 11.6 Å². The first-order chi connectivity index (χ1) is 14.7. The Labute approximate surface area is 184 Å². The van der Waals surface area contributed by atoms with E-state index < -0.39 is 29.1 Å². The van der Waals surface area contributed by atoms with Crippen LogP contribution in [0.4, 0.5) is 11.4 Å². The van der Waals surface area contributed by atoms with Crippen LogP contribution in [0.5, 0.6) is 0 Å². The highest BCUT2D eigenvalue weighted by atomic mass is 35.5. The molecule has 1 amide bonds. The number of anilines is 1. The SMILES string of the molecule is CCCn1c(C)cc(/C=C(\C#N)C(=O)OCC(=O)Nc2ccc(Cl)cc2[N+](=O)[O-])c1C. The summed E-state index contributed by atoms with van der Waals surface area (Å²) in [5.41, 5.74) is 1.87. The minimum atomic E-state index is -0.969. The number of nitrogens with one attached hydrogen (secondary N) is 1. The van der Waals surface area contributed by atoms with Gasteiger partial charge < -0.3 is 14.6 Å². The molecule has 9 nitrogen and oxygen atoms in total. The second-order valence-corrected chi connectivity index (χ2v) is 7.13. The number of nitrogens with zero attached hydrogens (tertiary/aromatic N) is 3. The van der Waals surface area contributed by atoms with E-state index in [1.165, 1.54) is 18.2 Å². The Morgan fingerprint density at radius 2 is 2.06 bits per heavy atom. The van der Waals surface area contributed by atoms with Gasteiger partial charge in [0.25, 0.3) is 11.6 Å². The number of hydrogen-bond donors (Lipinski definition) is 1. The molecule has 1 aromatic carbocycles. The van der Waals surface area contributed by atoms with Crippen LogP contribution in [0.15, 0.2) is 29.8 Å². The second-order valence-electron chi connectivity index (χ2n) is 6.69. The predicted octanol–water partition coefficient (Wildman–Crippen LogP) is 4.17. The number of nitriles is 1. The number of rotatable bonds is 8. The largest absolute Gasteiger partial charge is 0.451 e. The summed E-state index contributed by atoms with van der Waals surface area (Å²) in [5.74, 6) is -1.76. The van der Waals surface area contributed by atoms with Crippen LogP contribution in [0.25, 0.3) is 6.08 Å². The number of nitro groups is 1. The van der Waals surface area contributed by atoms with Crippen LogP contribution in [-0.4, -0.2) is 28.0 Å². The van der Waals surface area contributed by atoms with Gasteiger partial charge in [0.2, 0.25) is 0 Å². The molecule has 0 unspecified atom stereocenters. The van der Waals surface area contributed by atoms with Gasteiger partial charge in [-0.1, -0.05) is 18.5 Å². The minimum absolute atomic E-state index is 0.0881. The molecule has 0 radical (unpaired) electrons. The van der Waals surface area contributed by atoms with Crippen molar-refractivity contribution in [1.29, 1.82) is 5.26 Å². The van der Waals surface area contributed by atoms with Crippen molar-refractivity contribution in [2.24, 2.45) is 0 Å². The van der Waals surface area contributed by atoms with Crippen LogP contribution < -0.4 is 5.32 Å². The summed E-state index contributed by atoms with van der Waals surface area (Å²) in [4.78, 5) is 34.7. The van der Waals surface area contributed by atoms with Crippen molar-refractivity contribution in [1.82, 2.24) is 4.57 Å². The predicted molar refractivity (Wildman–Crippen MR) is 115 cm³/mol. The van der Waals surface area contributed by atoms with Crippen molar-refractivity contribution in [2.45, 2.75) is 33.7 Å². The number of nitro benzene ring substituents is 1. The lowest BCUT2D eigenvalue weighted by molar-refractivity contribution is -0.383. The van der Waals surface area contributed by atoms with Gasteiger partial charge in [0, 0.05) is 29.0 Å². The van der Waals surface area contributed by atoms with E-state index >= 15 is 0 Å². The molecule has 0 fully saturated rings. The Hall–Kier alpha value is -3.64. The van der Waals surface area contributed by atoms with E-state index in [0.29, 0.717) is 5.56 Å². The molecular formula is C21H21ClN4O5. The van der Waals surface area contributed by atoms with Gasteiger partial charge in [0.05, 0.1) is 4.92 Å². The maximum absolute atomic E-state index is 12.3. The van der Waals surface area contributed by atoms with Gasteiger partial charge in [-0.15, -0.1) is 0 Å². The number of amides is 1. The molecule has 0 spiro atoms. The molecule has 0 saturated heterocycles. The molecule has 0 aliphatic heterocycles. The Morgan fingerprint density at radius 1 is 1.35 bits per heavy atom. The summed E-state index contributed by atoms with van der Waals surface area (Å²) in [6.45, 7) is 5.98. The van der Waals surface area contributed by atoms with E-state index in [4.69, 9.17) is 16.3 Å². The second kappa shape index (κ2) is 10.4. The quantitative estimate of drug-likeness (QED) is 0.214. The fraction of sp³-hybridized carbons (Fsp3) is 0.286. The molecule has 0 bridgehead atoms. The summed E-state index contributed by atoms with van der Waals surface area (Å²) in [5, 5.41) is 22.9. The highest BCUT2D eigenvalue weighted by Gasteiger charge is 2.19. The molecule has 2 aromatic rings. The molecule has 0 saturated carbocycles. The van der Waals surface area contributed by atoms with Gasteiger partial charge in [0.15, 0.2) is 6.61 Å². The van der Waals surface area contributed by atoms with Crippen LogP contribution in [-0.2, 0) is 20.9 Å². The molecule has 31 heavy (non-hydrogen) atoms. The summed E-state index contributed by atoms with van der Waals surface area (Å²) in [7, 11) is 0. The third-order valence-corrected chi connectivity index (χ3v) is 4.70. The van der Waals surface area contributed by atoms with E-state index in [-0.39, 0.29) is 16.3 Å². The zero-order chi connectivity index (χ0) is 23.1. The Kier molecular flexibility index (Phi) is 7.94. The number of carbonyl (C=O) groups is 2. The molecule has 1 N–H and O–H groups in total. The number of ether oxygens (including phenoxy) is 1. The maximum Gasteiger partial charge on any atom is 0.349 e. The van der Waals surface area contributed by atoms with Gasteiger partial charge in [-0.3, -0.25) is 14.9 Å². The summed E-state index contributed by atoms with van der Waals surface area (Å²) in [6, 6.07) is 7.39. The number of esters is 1. The molecule has 0 aliphatic carbocycles. The first-order valence-corrected chi connectivity index (χ1v) is 9.75. The lowest BCUT2D eigenvalue weighted by atomic mass is 10.1. The van der Waals surface area contributed by atoms with Crippen molar-refractivity contribution in [3.8, 4) is 6.07 Å². The van der Waals surface area contributed by atoms with Crippen LogP contribution in [0.2, 0.25) is 5.02 Å². The number of benzene rings is 1. The molecule has 162 valence electrons. The van der Waals surface area contributed by atoms with Gasteiger partial charge >= 0.3 is 5.97 Å². The van der Waals surface area contributed by atoms with Crippen molar-refractivity contribution >= 4 is 40.9 Å². The minimum Gasteiger partial charge on any atom is -0.451 e. The smallest absolute Gasteiger partial charge is 0.349 e. The van der Waals surface area contributed by atoms with E-state index in [1.807, 2.05) is 19.9 Å². The third kappa shape index (κ3) is 5.93. The highest BCUT2D eigenvalue weighted by molar-refractivity contribution is 6.31.